The summed E-state index contributed by atoms with van der Waals surface area (Å²) in [7, 11) is 0. The van der Waals surface area contributed by atoms with Gasteiger partial charge in [0.05, 0.1) is 5.69 Å². The van der Waals surface area contributed by atoms with E-state index in [1.807, 2.05) is 65.0 Å². The van der Waals surface area contributed by atoms with Crippen LogP contribution in [0.1, 0.15) is 38.3 Å². The van der Waals surface area contributed by atoms with Crippen LogP contribution in [0, 0.1) is 13.8 Å². The van der Waals surface area contributed by atoms with Crippen LogP contribution in [-0.2, 0) is 4.74 Å². The number of carbonyl (C=O) groups is 1. The van der Waals surface area contributed by atoms with Gasteiger partial charge in [0, 0.05) is 48.4 Å². The van der Waals surface area contributed by atoms with Crippen molar-refractivity contribution in [3.8, 4) is 17.1 Å². The van der Waals surface area contributed by atoms with Crippen molar-refractivity contribution >= 4 is 29.7 Å². The molecule has 4 rings (SSSR count). The largest absolute Gasteiger partial charge is 0.493 e. The summed E-state index contributed by atoms with van der Waals surface area (Å²) in [6.07, 6.45) is 0.613. The number of ether oxygens (including phenoxy) is 1. The van der Waals surface area contributed by atoms with Crippen molar-refractivity contribution in [2.45, 2.75) is 51.5 Å². The maximum Gasteiger partial charge on any atom is 0.410 e. The maximum atomic E-state index is 12.5. The van der Waals surface area contributed by atoms with E-state index in [-0.39, 0.29) is 12.0 Å². The zero-order valence-electron chi connectivity index (χ0n) is 22.1. The molecule has 37 heavy (non-hydrogen) atoms. The molecular formula is C28H35N5O3S. The number of nitrogens with zero attached hydrogens (tertiary/aromatic N) is 4. The fourth-order valence-electron chi connectivity index (χ4n) is 4.36. The van der Waals surface area contributed by atoms with Gasteiger partial charge in [0.2, 0.25) is 11.8 Å². The molecule has 2 heterocycles. The van der Waals surface area contributed by atoms with Gasteiger partial charge >= 0.3 is 6.09 Å². The molecule has 8 nitrogen and oxygen atoms in total. The van der Waals surface area contributed by atoms with Crippen LogP contribution in [0.25, 0.3) is 11.3 Å². The number of aryl methyl sites for hydroxylation is 2. The second kappa shape index (κ2) is 11.3. The number of hydrogen-bond donors (Lipinski definition) is 2. The van der Waals surface area contributed by atoms with Crippen molar-refractivity contribution < 1.29 is 14.6 Å². The van der Waals surface area contributed by atoms with Crippen LogP contribution in [0.5, 0.6) is 5.88 Å². The van der Waals surface area contributed by atoms with Crippen LogP contribution < -0.4 is 9.62 Å². The maximum absolute atomic E-state index is 12.5. The van der Waals surface area contributed by atoms with Gasteiger partial charge in [0.25, 0.3) is 0 Å². The molecule has 2 N–H and O–H groups in total. The molecule has 0 bridgehead atoms. The second-order valence-electron chi connectivity index (χ2n) is 10.2. The summed E-state index contributed by atoms with van der Waals surface area (Å²) in [5.74, 6) is 0.263. The van der Waals surface area contributed by atoms with Crippen LogP contribution in [0.2, 0.25) is 0 Å². The van der Waals surface area contributed by atoms with E-state index in [0.29, 0.717) is 24.7 Å². The van der Waals surface area contributed by atoms with Gasteiger partial charge in [0.1, 0.15) is 5.60 Å². The molecule has 0 atom stereocenters. The van der Waals surface area contributed by atoms with Crippen molar-refractivity contribution in [1.29, 1.82) is 0 Å². The van der Waals surface area contributed by atoms with E-state index in [0.717, 1.165) is 46.8 Å². The number of aromatic hydroxyl groups is 1. The summed E-state index contributed by atoms with van der Waals surface area (Å²) in [6, 6.07) is 15.9. The van der Waals surface area contributed by atoms with E-state index in [9.17, 15) is 9.90 Å². The Hall–Kier alpha value is -3.46. The molecule has 0 unspecified atom stereocenters. The van der Waals surface area contributed by atoms with Crippen molar-refractivity contribution in [2.24, 2.45) is 0 Å². The van der Waals surface area contributed by atoms with Crippen LogP contribution in [0.3, 0.4) is 0 Å². The Kier molecular flexibility index (Phi) is 8.12. The van der Waals surface area contributed by atoms with E-state index < -0.39 is 5.60 Å². The van der Waals surface area contributed by atoms with Crippen molar-refractivity contribution in [3.05, 3.63) is 59.7 Å². The average Bonchev–Trinajstić information content (AvgIpc) is 3.08. The Morgan fingerprint density at radius 1 is 1.00 bits per heavy atom. The molecule has 2 aromatic carbocycles. The molecule has 0 radical (unpaired) electrons. The van der Waals surface area contributed by atoms with Gasteiger partial charge < -0.3 is 19.6 Å². The number of hydrogen-bond acceptors (Lipinski definition) is 8. The number of amides is 1. The number of nitrogens with one attached hydrogen (secondary N) is 1. The molecule has 1 fully saturated rings. The molecular weight excluding hydrogens is 486 g/mol. The van der Waals surface area contributed by atoms with Gasteiger partial charge in [-0.1, -0.05) is 24.3 Å². The molecule has 0 saturated carbocycles. The van der Waals surface area contributed by atoms with Gasteiger partial charge in [-0.15, -0.1) is 0 Å². The highest BCUT2D eigenvalue weighted by Gasteiger charge is 2.24. The summed E-state index contributed by atoms with van der Waals surface area (Å²) in [4.78, 5) is 26.4. The fourth-order valence-corrected chi connectivity index (χ4v) is 4.99. The van der Waals surface area contributed by atoms with E-state index in [2.05, 4.69) is 31.7 Å². The lowest BCUT2D eigenvalue weighted by Gasteiger charge is -2.27. The highest BCUT2D eigenvalue weighted by molar-refractivity contribution is 8.00. The summed E-state index contributed by atoms with van der Waals surface area (Å²) in [6.45, 7) is 12.6. The smallest absolute Gasteiger partial charge is 0.410 e. The zero-order chi connectivity index (χ0) is 26.6. The molecule has 1 amide bonds. The molecule has 3 aromatic rings. The summed E-state index contributed by atoms with van der Waals surface area (Å²) >= 11 is 1.39. The molecule has 0 aliphatic carbocycles. The topological polar surface area (TPSA) is 90.8 Å². The number of benzene rings is 2. The van der Waals surface area contributed by atoms with Gasteiger partial charge in [-0.2, -0.15) is 4.98 Å². The summed E-state index contributed by atoms with van der Waals surface area (Å²) in [5, 5.41) is 10.3. The third kappa shape index (κ3) is 7.07. The minimum Gasteiger partial charge on any atom is -0.493 e. The molecule has 196 valence electrons. The normalized spacial score (nSPS) is 14.3. The van der Waals surface area contributed by atoms with Crippen molar-refractivity contribution in [1.82, 2.24) is 14.9 Å². The molecule has 1 aliphatic rings. The minimum atomic E-state index is -0.500. The van der Waals surface area contributed by atoms with Crippen LogP contribution in [0.15, 0.2) is 53.4 Å². The Bertz CT molecular complexity index is 1240. The first-order valence-corrected chi connectivity index (χ1v) is 13.3. The Morgan fingerprint density at radius 3 is 2.46 bits per heavy atom. The van der Waals surface area contributed by atoms with Crippen LogP contribution in [-0.4, -0.2) is 57.8 Å². The minimum absolute atomic E-state index is 0.0800. The standard InChI is InChI=1S/C28H35N5O3S/c1-19-9-6-10-20(2)25(19)23-18-24(34)30-26(29-23)31-37-22-12-7-11-21(17-22)32-13-8-14-33(16-15-32)27(35)36-28(3,4)5/h6-7,9-12,17-18H,8,13-16H2,1-5H3,(H2,29,30,31,34). The third-order valence-electron chi connectivity index (χ3n) is 6.04. The zero-order valence-corrected chi connectivity index (χ0v) is 22.9. The lowest BCUT2D eigenvalue weighted by molar-refractivity contribution is 0.0263. The molecule has 1 aromatic heterocycles. The quantitative estimate of drug-likeness (QED) is 0.393. The summed E-state index contributed by atoms with van der Waals surface area (Å²) in [5.41, 5.74) is 4.45. The first-order valence-electron chi connectivity index (χ1n) is 12.5. The molecule has 9 heteroatoms. The Balaban J connectivity index is 1.43. The third-order valence-corrected chi connectivity index (χ3v) is 6.81. The van der Waals surface area contributed by atoms with Crippen molar-refractivity contribution in [3.63, 3.8) is 0 Å². The predicted octanol–water partition coefficient (Wildman–Crippen LogP) is 6.03. The Morgan fingerprint density at radius 2 is 1.73 bits per heavy atom. The van der Waals surface area contributed by atoms with Gasteiger partial charge in [0.15, 0.2) is 0 Å². The predicted molar refractivity (Wildman–Crippen MR) is 149 cm³/mol. The molecule has 1 aliphatic heterocycles. The van der Waals surface area contributed by atoms with Gasteiger partial charge in [-0.25, -0.2) is 9.78 Å². The van der Waals surface area contributed by atoms with E-state index in [1.165, 1.54) is 11.9 Å². The summed E-state index contributed by atoms with van der Waals surface area (Å²) < 4.78 is 8.74. The van der Waals surface area contributed by atoms with Gasteiger partial charge in [-0.05, 0) is 82.3 Å². The number of anilines is 2. The fraction of sp³-hybridized carbons (Fsp3) is 0.393. The lowest BCUT2D eigenvalue weighted by atomic mass is 10.00. The van der Waals surface area contributed by atoms with Crippen molar-refractivity contribution in [2.75, 3.05) is 35.8 Å². The van der Waals surface area contributed by atoms with E-state index >= 15 is 0 Å². The first-order chi connectivity index (χ1) is 17.6. The molecule has 1 saturated heterocycles. The average molecular weight is 522 g/mol. The Labute approximate surface area is 223 Å². The van der Waals surface area contributed by atoms with Crippen LogP contribution >= 0.6 is 11.9 Å². The lowest BCUT2D eigenvalue weighted by Crippen LogP contribution is -2.39. The highest BCUT2D eigenvalue weighted by atomic mass is 32.2. The second-order valence-corrected chi connectivity index (χ2v) is 11.1. The molecule has 0 spiro atoms. The van der Waals surface area contributed by atoms with E-state index in [4.69, 9.17) is 4.74 Å². The van der Waals surface area contributed by atoms with Gasteiger partial charge in [-0.3, -0.25) is 4.72 Å². The SMILES string of the molecule is Cc1cccc(C)c1-c1cc(O)nc(NSc2cccc(N3CCCN(C(=O)OC(C)(C)C)CC3)c2)n1. The van der Waals surface area contributed by atoms with E-state index in [1.54, 1.807) is 11.0 Å². The number of rotatable bonds is 5. The highest BCUT2D eigenvalue weighted by Crippen LogP contribution is 2.30. The number of carbonyl (C=O) groups excluding carboxylic acids is 1. The van der Waals surface area contributed by atoms with Crippen LogP contribution in [0.4, 0.5) is 16.4 Å². The number of aromatic nitrogens is 2. The first kappa shape index (κ1) is 26.6. The monoisotopic (exact) mass is 521 g/mol.